The first-order chi connectivity index (χ1) is 14.5. The van der Waals surface area contributed by atoms with Gasteiger partial charge in [0.05, 0.1) is 18.3 Å². The number of hydrogen-bond acceptors (Lipinski definition) is 5. The van der Waals surface area contributed by atoms with Gasteiger partial charge in [-0.25, -0.2) is 0 Å². The van der Waals surface area contributed by atoms with Gasteiger partial charge in [-0.05, 0) is 42.7 Å². The summed E-state index contributed by atoms with van der Waals surface area (Å²) in [4.78, 5) is 31.6. The van der Waals surface area contributed by atoms with Crippen LogP contribution in [0.5, 0.6) is 0 Å². The third-order valence-electron chi connectivity index (χ3n) is 5.19. The van der Waals surface area contributed by atoms with Gasteiger partial charge in [-0.2, -0.15) is 11.8 Å². The molecule has 1 unspecified atom stereocenters. The number of nitrogens with one attached hydrogen (secondary N) is 2. The fourth-order valence-electron chi connectivity index (χ4n) is 3.56. The summed E-state index contributed by atoms with van der Waals surface area (Å²) in [6.45, 7) is 7.96. The number of aryl methyl sites for hydroxylation is 1. The molecule has 0 aliphatic carbocycles. The molecular formula is C23H30N4O2S. The summed E-state index contributed by atoms with van der Waals surface area (Å²) in [5, 5.41) is 6.24. The number of rotatable bonds is 7. The zero-order valence-corrected chi connectivity index (χ0v) is 18.7. The van der Waals surface area contributed by atoms with E-state index in [1.807, 2.05) is 47.9 Å². The molecule has 2 aromatic rings. The van der Waals surface area contributed by atoms with Crippen molar-refractivity contribution in [2.75, 3.05) is 36.5 Å². The van der Waals surface area contributed by atoms with Crippen molar-refractivity contribution in [1.82, 2.24) is 15.2 Å². The number of thioether (sulfide) groups is 1. The Labute approximate surface area is 182 Å². The molecule has 0 radical (unpaired) electrons. The topological polar surface area (TPSA) is 74.3 Å². The van der Waals surface area contributed by atoms with Gasteiger partial charge in [-0.15, -0.1) is 0 Å². The van der Waals surface area contributed by atoms with Crippen LogP contribution in [0.15, 0.2) is 42.6 Å². The highest BCUT2D eigenvalue weighted by Crippen LogP contribution is 2.22. The monoisotopic (exact) mass is 426 g/mol. The molecular weight excluding hydrogens is 396 g/mol. The van der Waals surface area contributed by atoms with Crippen LogP contribution in [0.1, 0.15) is 41.5 Å². The zero-order chi connectivity index (χ0) is 21.5. The molecule has 160 valence electrons. The lowest BCUT2D eigenvalue weighted by molar-refractivity contribution is -0.115. The Kier molecular flexibility index (Phi) is 7.87. The van der Waals surface area contributed by atoms with Gasteiger partial charge in [0.25, 0.3) is 5.91 Å². The Morgan fingerprint density at radius 2 is 1.93 bits per heavy atom. The first-order valence-electron chi connectivity index (χ1n) is 10.4. The second-order valence-corrected chi connectivity index (χ2v) is 9.07. The predicted octanol–water partition coefficient (Wildman–Crippen LogP) is 3.50. The van der Waals surface area contributed by atoms with Crippen molar-refractivity contribution in [2.45, 2.75) is 26.8 Å². The number of benzene rings is 1. The molecule has 2 amide bonds. The van der Waals surface area contributed by atoms with Crippen LogP contribution >= 0.6 is 11.8 Å². The molecule has 1 atom stereocenters. The van der Waals surface area contributed by atoms with Crippen LogP contribution in [0.25, 0.3) is 0 Å². The maximum atomic E-state index is 12.7. The standard InChI is InChI=1S/C23H30N4O2S/c1-16(2)21(22-17(3)6-5-9-24-22)25-15-20(28)26-19-8-4-7-18(14-19)23(29)27-10-12-30-13-11-27/h4-9,14,16,21,25H,10-13,15H2,1-3H3,(H,26,28). The van der Waals surface area contributed by atoms with E-state index in [2.05, 4.69) is 29.5 Å². The quantitative estimate of drug-likeness (QED) is 0.709. The molecule has 30 heavy (non-hydrogen) atoms. The Bertz CT molecular complexity index is 881. The summed E-state index contributed by atoms with van der Waals surface area (Å²) < 4.78 is 0. The van der Waals surface area contributed by atoms with Gasteiger partial charge in [-0.3, -0.25) is 19.9 Å². The Morgan fingerprint density at radius 1 is 1.17 bits per heavy atom. The fraction of sp³-hybridized carbons (Fsp3) is 0.435. The Hall–Kier alpha value is -2.38. The first-order valence-corrected chi connectivity index (χ1v) is 11.5. The number of anilines is 1. The third kappa shape index (κ3) is 5.83. The first kappa shape index (κ1) is 22.3. The van der Waals surface area contributed by atoms with Crippen molar-refractivity contribution in [1.29, 1.82) is 0 Å². The summed E-state index contributed by atoms with van der Waals surface area (Å²) in [6, 6.07) is 11.1. The predicted molar refractivity (Wildman–Crippen MR) is 123 cm³/mol. The summed E-state index contributed by atoms with van der Waals surface area (Å²) >= 11 is 1.87. The molecule has 3 rings (SSSR count). The van der Waals surface area contributed by atoms with Crippen molar-refractivity contribution < 1.29 is 9.59 Å². The van der Waals surface area contributed by atoms with E-state index in [-0.39, 0.29) is 30.3 Å². The van der Waals surface area contributed by atoms with E-state index in [1.54, 1.807) is 18.3 Å². The molecule has 6 nitrogen and oxygen atoms in total. The molecule has 1 aromatic carbocycles. The van der Waals surface area contributed by atoms with Gasteiger partial charge < -0.3 is 10.2 Å². The molecule has 2 heterocycles. The van der Waals surface area contributed by atoms with Gasteiger partial charge >= 0.3 is 0 Å². The fourth-order valence-corrected chi connectivity index (χ4v) is 4.46. The highest BCUT2D eigenvalue weighted by atomic mass is 32.2. The third-order valence-corrected chi connectivity index (χ3v) is 6.13. The number of pyridine rings is 1. The highest BCUT2D eigenvalue weighted by molar-refractivity contribution is 7.99. The molecule has 7 heteroatoms. The number of aromatic nitrogens is 1. The SMILES string of the molecule is Cc1cccnc1C(NCC(=O)Nc1cccc(C(=O)N2CCSCC2)c1)C(C)C. The molecule has 0 saturated carbocycles. The van der Waals surface area contributed by atoms with Gasteiger partial charge in [0.1, 0.15) is 0 Å². The Morgan fingerprint density at radius 3 is 2.63 bits per heavy atom. The van der Waals surface area contributed by atoms with Gasteiger partial charge in [-0.1, -0.05) is 26.0 Å². The molecule has 2 N–H and O–H groups in total. The molecule has 0 spiro atoms. The average molecular weight is 427 g/mol. The van der Waals surface area contributed by atoms with Crippen molar-refractivity contribution in [3.63, 3.8) is 0 Å². The van der Waals surface area contributed by atoms with Crippen molar-refractivity contribution >= 4 is 29.3 Å². The summed E-state index contributed by atoms with van der Waals surface area (Å²) in [5.74, 6) is 2.11. The zero-order valence-electron chi connectivity index (χ0n) is 17.9. The largest absolute Gasteiger partial charge is 0.337 e. The molecule has 1 aromatic heterocycles. The van der Waals surface area contributed by atoms with Gasteiger partial charge in [0.2, 0.25) is 5.91 Å². The van der Waals surface area contributed by atoms with Crippen molar-refractivity contribution in [2.24, 2.45) is 5.92 Å². The van der Waals surface area contributed by atoms with Crippen LogP contribution in [-0.4, -0.2) is 52.8 Å². The second-order valence-electron chi connectivity index (χ2n) is 7.84. The minimum Gasteiger partial charge on any atom is -0.337 e. The highest BCUT2D eigenvalue weighted by Gasteiger charge is 2.21. The summed E-state index contributed by atoms with van der Waals surface area (Å²) in [6.07, 6.45) is 1.78. The lowest BCUT2D eigenvalue weighted by atomic mass is 9.97. The minimum atomic E-state index is -0.145. The number of amides is 2. The molecule has 1 aliphatic rings. The molecule has 1 aliphatic heterocycles. The van der Waals surface area contributed by atoms with E-state index < -0.39 is 0 Å². The van der Waals surface area contributed by atoms with Gasteiger partial charge in [0, 0.05) is 42.0 Å². The van der Waals surface area contributed by atoms with Crippen LogP contribution < -0.4 is 10.6 Å². The summed E-state index contributed by atoms with van der Waals surface area (Å²) in [5.41, 5.74) is 3.31. The van der Waals surface area contributed by atoms with Gasteiger partial charge in [0.15, 0.2) is 0 Å². The Balaban J connectivity index is 1.60. The van der Waals surface area contributed by atoms with Crippen LogP contribution in [0.2, 0.25) is 0 Å². The lowest BCUT2D eigenvalue weighted by Crippen LogP contribution is -2.38. The van der Waals surface area contributed by atoms with E-state index in [0.29, 0.717) is 11.3 Å². The van der Waals surface area contributed by atoms with Crippen LogP contribution in [0.3, 0.4) is 0 Å². The molecule has 1 saturated heterocycles. The summed E-state index contributed by atoms with van der Waals surface area (Å²) in [7, 11) is 0. The lowest BCUT2D eigenvalue weighted by Gasteiger charge is -2.26. The van der Waals surface area contributed by atoms with E-state index in [9.17, 15) is 9.59 Å². The van der Waals surface area contributed by atoms with E-state index >= 15 is 0 Å². The van der Waals surface area contributed by atoms with Crippen LogP contribution in [-0.2, 0) is 4.79 Å². The average Bonchev–Trinajstić information content (AvgIpc) is 2.75. The smallest absolute Gasteiger partial charge is 0.253 e. The minimum absolute atomic E-state index is 0.0122. The molecule has 0 bridgehead atoms. The maximum absolute atomic E-state index is 12.7. The van der Waals surface area contributed by atoms with E-state index in [1.165, 1.54) is 0 Å². The van der Waals surface area contributed by atoms with Crippen molar-refractivity contribution in [3.8, 4) is 0 Å². The molecule has 1 fully saturated rings. The van der Waals surface area contributed by atoms with E-state index in [0.717, 1.165) is 35.9 Å². The maximum Gasteiger partial charge on any atom is 0.253 e. The number of nitrogens with zero attached hydrogens (tertiary/aromatic N) is 2. The van der Waals surface area contributed by atoms with Crippen LogP contribution in [0, 0.1) is 12.8 Å². The normalized spacial score (nSPS) is 15.1. The van der Waals surface area contributed by atoms with Crippen molar-refractivity contribution in [3.05, 3.63) is 59.4 Å². The number of carbonyl (C=O) groups is 2. The number of hydrogen-bond donors (Lipinski definition) is 2. The number of carbonyl (C=O) groups excluding carboxylic acids is 2. The van der Waals surface area contributed by atoms with Crippen LogP contribution in [0.4, 0.5) is 5.69 Å². The van der Waals surface area contributed by atoms with E-state index in [4.69, 9.17) is 0 Å². The second kappa shape index (κ2) is 10.6.